The number of anilines is 1. The van der Waals surface area contributed by atoms with Crippen molar-refractivity contribution in [2.45, 2.75) is 6.92 Å². The summed E-state index contributed by atoms with van der Waals surface area (Å²) < 4.78 is 13.5. The molecule has 1 heterocycles. The third-order valence-corrected chi connectivity index (χ3v) is 2.93. The van der Waals surface area contributed by atoms with Gasteiger partial charge in [-0.1, -0.05) is 22.0 Å². The molecule has 0 aliphatic carbocycles. The zero-order chi connectivity index (χ0) is 13.1. The van der Waals surface area contributed by atoms with E-state index in [2.05, 4.69) is 26.2 Å². The largest absolute Gasteiger partial charge is 0.322 e. The van der Waals surface area contributed by atoms with E-state index < -0.39 is 5.95 Å². The molecular weight excluding hydrogens is 299 g/mol. The molecule has 18 heavy (non-hydrogen) atoms. The molecule has 2 rings (SSSR count). The molecule has 2 aromatic rings. The summed E-state index contributed by atoms with van der Waals surface area (Å²) in [5.41, 5.74) is 1.97. The maximum Gasteiger partial charge on any atom is 0.257 e. The van der Waals surface area contributed by atoms with Gasteiger partial charge in [-0.25, -0.2) is 4.98 Å². The molecule has 3 nitrogen and oxygen atoms in total. The Bertz CT molecular complexity index is 584. The van der Waals surface area contributed by atoms with Gasteiger partial charge in [0, 0.05) is 16.4 Å². The van der Waals surface area contributed by atoms with E-state index in [1.165, 1.54) is 12.3 Å². The highest BCUT2D eigenvalue weighted by Gasteiger charge is 2.08. The summed E-state index contributed by atoms with van der Waals surface area (Å²) in [5, 5.41) is 2.76. The molecule has 1 aromatic heterocycles. The first-order valence-corrected chi connectivity index (χ1v) is 6.04. The van der Waals surface area contributed by atoms with Crippen LogP contribution in [0.25, 0.3) is 0 Å². The number of rotatable bonds is 2. The molecule has 1 amide bonds. The Morgan fingerprint density at radius 2 is 2.11 bits per heavy atom. The minimum absolute atomic E-state index is 0.316. The van der Waals surface area contributed by atoms with Gasteiger partial charge in [-0.2, -0.15) is 4.39 Å². The molecule has 0 spiro atoms. The van der Waals surface area contributed by atoms with Crippen molar-refractivity contribution in [3.8, 4) is 0 Å². The van der Waals surface area contributed by atoms with E-state index in [0.717, 1.165) is 16.1 Å². The van der Waals surface area contributed by atoms with Crippen molar-refractivity contribution in [3.05, 3.63) is 58.1 Å². The molecule has 92 valence electrons. The van der Waals surface area contributed by atoms with Gasteiger partial charge in [-0.05, 0) is 36.8 Å². The number of amides is 1. The van der Waals surface area contributed by atoms with Crippen LogP contribution in [0.1, 0.15) is 15.9 Å². The van der Waals surface area contributed by atoms with Gasteiger partial charge in [0.15, 0.2) is 0 Å². The van der Waals surface area contributed by atoms with Crippen molar-refractivity contribution in [2.75, 3.05) is 5.32 Å². The summed E-state index contributed by atoms with van der Waals surface area (Å²) in [4.78, 5) is 15.3. The lowest BCUT2D eigenvalue weighted by atomic mass is 10.2. The lowest BCUT2D eigenvalue weighted by Crippen LogP contribution is -2.13. The standard InChI is InChI=1S/C13H10BrFN2O/c1-8-2-4-10(14)6-11(8)17-13(18)9-3-5-12(15)16-7-9/h2-7H,1H3,(H,17,18). The molecule has 0 fully saturated rings. The van der Waals surface area contributed by atoms with Crippen LogP contribution in [0.3, 0.4) is 0 Å². The zero-order valence-corrected chi connectivity index (χ0v) is 11.2. The number of aryl methyl sites for hydroxylation is 1. The molecule has 0 saturated heterocycles. The molecule has 0 unspecified atom stereocenters. The Balaban J connectivity index is 2.21. The predicted octanol–water partition coefficient (Wildman–Crippen LogP) is 3.54. The summed E-state index contributed by atoms with van der Waals surface area (Å²) in [6.07, 6.45) is 1.21. The summed E-state index contributed by atoms with van der Waals surface area (Å²) in [6.45, 7) is 1.89. The van der Waals surface area contributed by atoms with Crippen LogP contribution in [-0.4, -0.2) is 10.9 Å². The van der Waals surface area contributed by atoms with E-state index in [4.69, 9.17) is 0 Å². The second kappa shape index (κ2) is 5.27. The number of carbonyl (C=O) groups excluding carboxylic acids is 1. The fraction of sp³-hybridized carbons (Fsp3) is 0.0769. The van der Waals surface area contributed by atoms with Crippen LogP contribution >= 0.6 is 15.9 Å². The number of nitrogens with zero attached hydrogens (tertiary/aromatic N) is 1. The van der Waals surface area contributed by atoms with Crippen LogP contribution in [0.5, 0.6) is 0 Å². The Labute approximate surface area is 112 Å². The van der Waals surface area contributed by atoms with Crippen LogP contribution in [0.15, 0.2) is 41.0 Å². The Morgan fingerprint density at radius 1 is 1.33 bits per heavy atom. The van der Waals surface area contributed by atoms with Gasteiger partial charge in [0.1, 0.15) is 0 Å². The lowest BCUT2D eigenvalue weighted by Gasteiger charge is -2.08. The van der Waals surface area contributed by atoms with Crippen LogP contribution in [0, 0.1) is 12.9 Å². The minimum Gasteiger partial charge on any atom is -0.322 e. The summed E-state index contributed by atoms with van der Waals surface area (Å²) in [6, 6.07) is 8.14. The topological polar surface area (TPSA) is 42.0 Å². The lowest BCUT2D eigenvalue weighted by molar-refractivity contribution is 0.102. The molecule has 0 aliphatic rings. The number of hydrogen-bond donors (Lipinski definition) is 1. The Hall–Kier alpha value is -1.75. The average Bonchev–Trinajstić information content (AvgIpc) is 2.34. The molecule has 1 N–H and O–H groups in total. The highest BCUT2D eigenvalue weighted by atomic mass is 79.9. The number of aromatic nitrogens is 1. The van der Waals surface area contributed by atoms with Crippen LogP contribution in [0.4, 0.5) is 10.1 Å². The van der Waals surface area contributed by atoms with Crippen LogP contribution in [0.2, 0.25) is 0 Å². The number of benzene rings is 1. The van der Waals surface area contributed by atoms with E-state index in [1.807, 2.05) is 25.1 Å². The minimum atomic E-state index is -0.606. The first-order chi connectivity index (χ1) is 8.56. The molecule has 0 bridgehead atoms. The van der Waals surface area contributed by atoms with Gasteiger partial charge in [-0.3, -0.25) is 4.79 Å². The molecule has 0 atom stereocenters. The van der Waals surface area contributed by atoms with E-state index in [-0.39, 0.29) is 5.91 Å². The second-order valence-corrected chi connectivity index (χ2v) is 4.70. The van der Waals surface area contributed by atoms with E-state index in [1.54, 1.807) is 0 Å². The quantitative estimate of drug-likeness (QED) is 0.862. The monoisotopic (exact) mass is 308 g/mol. The van der Waals surface area contributed by atoms with Crippen molar-refractivity contribution in [1.29, 1.82) is 0 Å². The third kappa shape index (κ3) is 2.92. The molecular formula is C13H10BrFN2O. The average molecular weight is 309 g/mol. The van der Waals surface area contributed by atoms with Crippen molar-refractivity contribution >= 4 is 27.5 Å². The van der Waals surface area contributed by atoms with Gasteiger partial charge in [0.25, 0.3) is 5.91 Å². The smallest absolute Gasteiger partial charge is 0.257 e. The number of carbonyl (C=O) groups is 1. The highest BCUT2D eigenvalue weighted by Crippen LogP contribution is 2.21. The van der Waals surface area contributed by atoms with Crippen LogP contribution < -0.4 is 5.32 Å². The number of pyridine rings is 1. The summed E-state index contributed by atoms with van der Waals surface area (Å²) in [5.74, 6) is -0.922. The maximum atomic E-state index is 12.6. The molecule has 0 radical (unpaired) electrons. The van der Waals surface area contributed by atoms with Crippen molar-refractivity contribution in [3.63, 3.8) is 0 Å². The molecule has 0 saturated carbocycles. The first-order valence-electron chi connectivity index (χ1n) is 5.25. The van der Waals surface area contributed by atoms with Gasteiger partial charge >= 0.3 is 0 Å². The van der Waals surface area contributed by atoms with Crippen molar-refractivity contribution in [2.24, 2.45) is 0 Å². The van der Waals surface area contributed by atoms with Crippen LogP contribution in [-0.2, 0) is 0 Å². The summed E-state index contributed by atoms with van der Waals surface area (Å²) in [7, 11) is 0. The predicted molar refractivity (Wildman–Crippen MR) is 71.0 cm³/mol. The molecule has 0 aliphatic heterocycles. The normalized spacial score (nSPS) is 10.2. The second-order valence-electron chi connectivity index (χ2n) is 3.78. The number of nitrogens with one attached hydrogen (secondary N) is 1. The van der Waals surface area contributed by atoms with Gasteiger partial charge in [0.05, 0.1) is 5.56 Å². The van der Waals surface area contributed by atoms with Crippen molar-refractivity contribution < 1.29 is 9.18 Å². The molecule has 5 heteroatoms. The summed E-state index contributed by atoms with van der Waals surface area (Å²) >= 11 is 3.34. The fourth-order valence-electron chi connectivity index (χ4n) is 1.43. The molecule has 1 aromatic carbocycles. The highest BCUT2D eigenvalue weighted by molar-refractivity contribution is 9.10. The fourth-order valence-corrected chi connectivity index (χ4v) is 1.79. The van der Waals surface area contributed by atoms with E-state index >= 15 is 0 Å². The number of hydrogen-bond acceptors (Lipinski definition) is 2. The third-order valence-electron chi connectivity index (χ3n) is 2.44. The van der Waals surface area contributed by atoms with E-state index in [9.17, 15) is 9.18 Å². The van der Waals surface area contributed by atoms with Crippen molar-refractivity contribution in [1.82, 2.24) is 4.98 Å². The first kappa shape index (κ1) is 12.7. The van der Waals surface area contributed by atoms with Gasteiger partial charge in [0.2, 0.25) is 5.95 Å². The maximum absolute atomic E-state index is 12.6. The number of halogens is 2. The Kier molecular flexibility index (Phi) is 3.72. The van der Waals surface area contributed by atoms with E-state index in [0.29, 0.717) is 11.3 Å². The van der Waals surface area contributed by atoms with Gasteiger partial charge in [-0.15, -0.1) is 0 Å². The SMILES string of the molecule is Cc1ccc(Br)cc1NC(=O)c1ccc(F)nc1. The van der Waals surface area contributed by atoms with Gasteiger partial charge < -0.3 is 5.32 Å². The Morgan fingerprint density at radius 3 is 2.78 bits per heavy atom. The zero-order valence-electron chi connectivity index (χ0n) is 9.58.